The Bertz CT molecular complexity index is 956. The zero-order chi connectivity index (χ0) is 19.6. The average Bonchev–Trinajstić information content (AvgIpc) is 3.27. The van der Waals surface area contributed by atoms with Crippen LogP contribution in [-0.4, -0.2) is 31.6 Å². The minimum atomic E-state index is -3.80. The number of amides is 1. The molecule has 0 aliphatic carbocycles. The quantitative estimate of drug-likeness (QED) is 0.771. The fraction of sp³-hybridized carbons (Fsp3) is 0.350. The number of nitrogens with zero attached hydrogens (tertiary/aromatic N) is 1. The van der Waals surface area contributed by atoms with Crippen LogP contribution in [-0.2, 0) is 25.9 Å². The van der Waals surface area contributed by atoms with Gasteiger partial charge in [0.25, 0.3) is 5.91 Å². The molecule has 1 saturated heterocycles. The van der Waals surface area contributed by atoms with E-state index < -0.39 is 15.9 Å². The summed E-state index contributed by atoms with van der Waals surface area (Å²) in [4.78, 5) is 13.0. The summed E-state index contributed by atoms with van der Waals surface area (Å²) >= 11 is 0. The van der Waals surface area contributed by atoms with Crippen LogP contribution in [0.1, 0.15) is 24.1 Å². The van der Waals surface area contributed by atoms with Crippen molar-refractivity contribution in [3.63, 3.8) is 0 Å². The average molecular weight is 388 g/mol. The summed E-state index contributed by atoms with van der Waals surface area (Å²) in [6.45, 7) is 8.27. The molecular weight excluding hydrogens is 364 g/mol. The molecule has 1 N–H and O–H groups in total. The van der Waals surface area contributed by atoms with Gasteiger partial charge in [-0.05, 0) is 44.4 Å². The Morgan fingerprint density at radius 3 is 2.63 bits per heavy atom. The number of carbonyl (C=O) groups is 1. The zero-order valence-electron chi connectivity index (χ0n) is 15.6. The van der Waals surface area contributed by atoms with Gasteiger partial charge >= 0.3 is 0 Å². The number of hydrogen-bond acceptors (Lipinski definition) is 4. The van der Waals surface area contributed by atoms with Crippen LogP contribution in [0.15, 0.2) is 52.8 Å². The van der Waals surface area contributed by atoms with Crippen molar-refractivity contribution in [1.29, 1.82) is 0 Å². The van der Waals surface area contributed by atoms with Crippen molar-refractivity contribution in [2.75, 3.05) is 11.9 Å². The number of allylic oxidation sites excluding steroid dienone is 1. The lowest BCUT2D eigenvalue weighted by atomic mass is 10.2. The number of benzene rings is 1. The highest BCUT2D eigenvalue weighted by atomic mass is 32.2. The summed E-state index contributed by atoms with van der Waals surface area (Å²) in [5.41, 5.74) is 1.38. The molecule has 0 bridgehead atoms. The number of aromatic nitrogens is 1. The van der Waals surface area contributed by atoms with E-state index in [0.717, 1.165) is 12.1 Å². The molecule has 7 heteroatoms. The molecule has 1 fully saturated rings. The lowest BCUT2D eigenvalue weighted by molar-refractivity contribution is -0.124. The molecule has 1 atom stereocenters. The molecule has 0 saturated carbocycles. The summed E-state index contributed by atoms with van der Waals surface area (Å²) in [6, 6.07) is 8.24. The Hall–Kier alpha value is -2.38. The van der Waals surface area contributed by atoms with Crippen LogP contribution < -0.4 is 5.32 Å². The highest BCUT2D eigenvalue weighted by Gasteiger charge is 2.32. The van der Waals surface area contributed by atoms with Crippen LogP contribution in [0, 0.1) is 13.8 Å². The number of ether oxygens (including phenoxy) is 1. The second-order valence-corrected chi connectivity index (χ2v) is 8.48. The van der Waals surface area contributed by atoms with E-state index in [9.17, 15) is 13.2 Å². The van der Waals surface area contributed by atoms with E-state index >= 15 is 0 Å². The third-order valence-corrected chi connectivity index (χ3v) is 6.80. The smallest absolute Gasteiger partial charge is 0.254 e. The molecule has 1 amide bonds. The molecule has 0 spiro atoms. The van der Waals surface area contributed by atoms with Gasteiger partial charge in [0.05, 0.1) is 4.90 Å². The van der Waals surface area contributed by atoms with Gasteiger partial charge in [0, 0.05) is 18.8 Å². The number of sulfone groups is 1. The summed E-state index contributed by atoms with van der Waals surface area (Å²) in [7, 11) is -3.80. The maximum absolute atomic E-state index is 13.3. The molecule has 1 aromatic heterocycles. The highest BCUT2D eigenvalue weighted by Crippen LogP contribution is 2.35. The van der Waals surface area contributed by atoms with Gasteiger partial charge in [-0.25, -0.2) is 8.42 Å². The molecule has 2 heterocycles. The largest absolute Gasteiger partial charge is 0.368 e. The van der Waals surface area contributed by atoms with Crippen molar-refractivity contribution < 1.29 is 17.9 Å². The normalized spacial score (nSPS) is 17.0. The van der Waals surface area contributed by atoms with Gasteiger partial charge in [0.1, 0.15) is 16.8 Å². The van der Waals surface area contributed by atoms with Crippen LogP contribution in [0.3, 0.4) is 0 Å². The molecular formula is C20H24N2O4S. The lowest BCUT2D eigenvalue weighted by Crippen LogP contribution is -2.28. The molecule has 0 radical (unpaired) electrons. The van der Waals surface area contributed by atoms with Crippen molar-refractivity contribution >= 4 is 21.6 Å². The molecule has 144 valence electrons. The fourth-order valence-electron chi connectivity index (χ4n) is 3.34. The molecule has 3 rings (SSSR count). The molecule has 1 aromatic carbocycles. The van der Waals surface area contributed by atoms with Gasteiger partial charge < -0.3 is 14.6 Å². The van der Waals surface area contributed by atoms with Crippen molar-refractivity contribution in [3.8, 4) is 0 Å². The number of anilines is 1. The number of carbonyl (C=O) groups excluding carboxylic acids is 1. The van der Waals surface area contributed by atoms with Crippen molar-refractivity contribution in [3.05, 3.63) is 54.2 Å². The first-order valence-electron chi connectivity index (χ1n) is 8.91. The number of rotatable bonds is 6. The highest BCUT2D eigenvalue weighted by molar-refractivity contribution is 7.91. The van der Waals surface area contributed by atoms with Gasteiger partial charge in [0.15, 0.2) is 0 Å². The monoisotopic (exact) mass is 388 g/mol. The second-order valence-electron chi connectivity index (χ2n) is 6.59. The van der Waals surface area contributed by atoms with Gasteiger partial charge in [-0.15, -0.1) is 6.58 Å². The summed E-state index contributed by atoms with van der Waals surface area (Å²) in [6.07, 6.45) is 2.57. The van der Waals surface area contributed by atoms with E-state index in [4.69, 9.17) is 4.74 Å². The Morgan fingerprint density at radius 1 is 1.33 bits per heavy atom. The lowest BCUT2D eigenvalue weighted by Gasteiger charge is -2.15. The zero-order valence-corrected chi connectivity index (χ0v) is 16.4. The molecule has 27 heavy (non-hydrogen) atoms. The molecule has 2 aromatic rings. The van der Waals surface area contributed by atoms with E-state index in [1.54, 1.807) is 47.9 Å². The van der Waals surface area contributed by atoms with Crippen molar-refractivity contribution in [2.45, 2.75) is 49.1 Å². The van der Waals surface area contributed by atoms with E-state index in [1.165, 1.54) is 0 Å². The van der Waals surface area contributed by atoms with Gasteiger partial charge in [-0.2, -0.15) is 0 Å². The second kappa shape index (κ2) is 7.70. The predicted octanol–water partition coefficient (Wildman–Crippen LogP) is 3.24. The molecule has 0 unspecified atom stereocenters. The first kappa shape index (κ1) is 19.4. The maximum Gasteiger partial charge on any atom is 0.254 e. The Balaban J connectivity index is 2.14. The van der Waals surface area contributed by atoms with Crippen LogP contribution in [0.5, 0.6) is 0 Å². The predicted molar refractivity (Wildman–Crippen MR) is 104 cm³/mol. The first-order chi connectivity index (χ1) is 12.9. The molecule has 1 aliphatic rings. The van der Waals surface area contributed by atoms with Gasteiger partial charge in [-0.3, -0.25) is 4.79 Å². The number of nitrogens with one attached hydrogen (secondary N) is 1. The first-order valence-corrected chi connectivity index (χ1v) is 10.4. The topological polar surface area (TPSA) is 77.4 Å². The minimum Gasteiger partial charge on any atom is -0.368 e. The van der Waals surface area contributed by atoms with Crippen LogP contribution in [0.2, 0.25) is 0 Å². The van der Waals surface area contributed by atoms with Crippen LogP contribution >= 0.6 is 0 Å². The Labute approximate surface area is 159 Å². The minimum absolute atomic E-state index is 0.124. The Kier molecular flexibility index (Phi) is 5.53. The summed E-state index contributed by atoms with van der Waals surface area (Å²) in [5.74, 6) is -0.0472. The van der Waals surface area contributed by atoms with Crippen molar-refractivity contribution in [2.24, 2.45) is 0 Å². The summed E-state index contributed by atoms with van der Waals surface area (Å²) in [5, 5.41) is 2.82. The van der Waals surface area contributed by atoms with Gasteiger partial charge in [0.2, 0.25) is 9.84 Å². The third-order valence-electron chi connectivity index (χ3n) is 4.87. The van der Waals surface area contributed by atoms with E-state index in [0.29, 0.717) is 25.1 Å². The maximum atomic E-state index is 13.3. The number of hydrogen-bond donors (Lipinski definition) is 1. The van der Waals surface area contributed by atoms with Gasteiger partial charge in [-0.1, -0.05) is 24.3 Å². The molecule has 6 nitrogen and oxygen atoms in total. The fourth-order valence-corrected chi connectivity index (χ4v) is 5.06. The van der Waals surface area contributed by atoms with E-state index in [1.807, 2.05) is 6.92 Å². The Morgan fingerprint density at radius 2 is 2.04 bits per heavy atom. The van der Waals surface area contributed by atoms with E-state index in [2.05, 4.69) is 11.9 Å². The SMILES string of the molecule is C=CCn1c(C)c(C)c(S(=O)(=O)c2ccccc2)c1NC(=O)[C@H]1CCCO1. The van der Waals surface area contributed by atoms with E-state index in [-0.39, 0.29) is 21.5 Å². The molecule has 1 aliphatic heterocycles. The summed E-state index contributed by atoms with van der Waals surface area (Å²) < 4.78 is 33.9. The van der Waals surface area contributed by atoms with Crippen LogP contribution in [0.25, 0.3) is 0 Å². The van der Waals surface area contributed by atoms with Crippen LogP contribution in [0.4, 0.5) is 5.82 Å². The van der Waals surface area contributed by atoms with Crippen molar-refractivity contribution in [1.82, 2.24) is 4.57 Å². The third kappa shape index (κ3) is 3.57. The standard InChI is InChI=1S/C20H24N2O4S/c1-4-12-22-15(3)14(2)18(27(24,25)16-9-6-5-7-10-16)19(22)21-20(23)17-11-8-13-26-17/h4-7,9-10,17H,1,8,11-13H2,2-3H3,(H,21,23)/t17-/m1/s1.